The maximum absolute atomic E-state index is 12.9. The van der Waals surface area contributed by atoms with Crippen molar-refractivity contribution in [3.05, 3.63) is 23.8 Å². The summed E-state index contributed by atoms with van der Waals surface area (Å²) in [4.78, 5) is 14.6. The van der Waals surface area contributed by atoms with Gasteiger partial charge < -0.3 is 23.8 Å². The average molecular weight is 419 g/mol. The van der Waals surface area contributed by atoms with E-state index < -0.39 is 13.0 Å². The van der Waals surface area contributed by atoms with Crippen molar-refractivity contribution < 1.29 is 41.7 Å². The molecule has 10 heteroatoms. The highest BCUT2D eigenvalue weighted by Gasteiger charge is 2.44. The second-order valence-corrected chi connectivity index (χ2v) is 7.03. The number of methoxy groups -OCH3 is 1. The first-order valence-corrected chi connectivity index (χ1v) is 9.28. The SMILES string of the molecule is COc1cc(C(=O)N2CC[C@]3(C)OCCOC3C2)ccc1OCCOC(F)(F)F. The number of benzene rings is 1. The molecule has 0 spiro atoms. The summed E-state index contributed by atoms with van der Waals surface area (Å²) in [6.45, 7) is 3.04. The monoisotopic (exact) mass is 419 g/mol. The van der Waals surface area contributed by atoms with Crippen LogP contribution in [0.5, 0.6) is 11.5 Å². The number of fused-ring (bicyclic) bond motifs is 1. The van der Waals surface area contributed by atoms with Gasteiger partial charge in [-0.1, -0.05) is 0 Å². The fourth-order valence-electron chi connectivity index (χ4n) is 3.46. The van der Waals surface area contributed by atoms with Gasteiger partial charge in [0.05, 0.1) is 32.5 Å². The fraction of sp³-hybridized carbons (Fsp3) is 0.632. The van der Waals surface area contributed by atoms with Gasteiger partial charge in [-0.15, -0.1) is 13.2 Å². The molecular weight excluding hydrogens is 395 g/mol. The van der Waals surface area contributed by atoms with Gasteiger partial charge in [-0.2, -0.15) is 0 Å². The summed E-state index contributed by atoms with van der Waals surface area (Å²) in [5, 5.41) is 0. The highest BCUT2D eigenvalue weighted by molar-refractivity contribution is 5.95. The lowest BCUT2D eigenvalue weighted by atomic mass is 9.89. The number of carbonyl (C=O) groups excluding carboxylic acids is 1. The number of ether oxygens (including phenoxy) is 5. The van der Waals surface area contributed by atoms with Crippen LogP contribution in [-0.4, -0.2) is 75.5 Å². The van der Waals surface area contributed by atoms with E-state index in [1.165, 1.54) is 19.2 Å². The Morgan fingerprint density at radius 1 is 1.28 bits per heavy atom. The van der Waals surface area contributed by atoms with Crippen molar-refractivity contribution >= 4 is 5.91 Å². The summed E-state index contributed by atoms with van der Waals surface area (Å²) in [7, 11) is 1.39. The molecule has 0 aromatic heterocycles. The molecule has 29 heavy (non-hydrogen) atoms. The van der Waals surface area contributed by atoms with Gasteiger partial charge in [0, 0.05) is 18.7 Å². The van der Waals surface area contributed by atoms with Crippen molar-refractivity contribution in [2.45, 2.75) is 31.4 Å². The van der Waals surface area contributed by atoms with Gasteiger partial charge in [0.2, 0.25) is 0 Å². The van der Waals surface area contributed by atoms with Crippen molar-refractivity contribution in [1.82, 2.24) is 4.90 Å². The van der Waals surface area contributed by atoms with E-state index in [4.69, 9.17) is 18.9 Å². The summed E-state index contributed by atoms with van der Waals surface area (Å²) in [5.74, 6) is 0.290. The van der Waals surface area contributed by atoms with Gasteiger partial charge in [-0.3, -0.25) is 9.53 Å². The predicted molar refractivity (Wildman–Crippen MR) is 95.1 cm³/mol. The van der Waals surface area contributed by atoms with Gasteiger partial charge in [-0.25, -0.2) is 0 Å². The van der Waals surface area contributed by atoms with E-state index in [9.17, 15) is 18.0 Å². The Bertz CT molecular complexity index is 728. The van der Waals surface area contributed by atoms with Crippen LogP contribution in [0.25, 0.3) is 0 Å². The van der Waals surface area contributed by atoms with E-state index in [0.717, 1.165) is 0 Å². The van der Waals surface area contributed by atoms with Gasteiger partial charge in [0.1, 0.15) is 12.7 Å². The van der Waals surface area contributed by atoms with Crippen LogP contribution in [-0.2, 0) is 14.2 Å². The molecule has 1 aromatic rings. The summed E-state index contributed by atoms with van der Waals surface area (Å²) in [6.07, 6.45) is -4.23. The molecule has 0 bridgehead atoms. The molecule has 162 valence electrons. The lowest BCUT2D eigenvalue weighted by molar-refractivity contribution is -0.325. The maximum atomic E-state index is 12.9. The Morgan fingerprint density at radius 3 is 2.79 bits per heavy atom. The quantitative estimate of drug-likeness (QED) is 0.661. The van der Waals surface area contributed by atoms with Crippen LogP contribution in [0, 0.1) is 0 Å². The number of piperidine rings is 1. The summed E-state index contributed by atoms with van der Waals surface area (Å²) < 4.78 is 61.8. The van der Waals surface area contributed by atoms with E-state index in [1.54, 1.807) is 11.0 Å². The molecule has 0 radical (unpaired) electrons. The highest BCUT2D eigenvalue weighted by atomic mass is 19.4. The second kappa shape index (κ2) is 8.76. The summed E-state index contributed by atoms with van der Waals surface area (Å²) >= 11 is 0. The topological polar surface area (TPSA) is 66.5 Å². The van der Waals surface area contributed by atoms with Crippen molar-refractivity contribution in [2.75, 3.05) is 46.6 Å². The number of likely N-dealkylation sites (tertiary alicyclic amines) is 1. The van der Waals surface area contributed by atoms with Crippen LogP contribution in [0.3, 0.4) is 0 Å². The number of amides is 1. The first-order valence-electron chi connectivity index (χ1n) is 9.28. The fourth-order valence-corrected chi connectivity index (χ4v) is 3.46. The van der Waals surface area contributed by atoms with Crippen molar-refractivity contribution in [1.29, 1.82) is 0 Å². The lowest BCUT2D eigenvalue weighted by Crippen LogP contribution is -2.60. The zero-order valence-electron chi connectivity index (χ0n) is 16.3. The molecule has 1 unspecified atom stereocenters. The molecule has 1 aromatic carbocycles. The third-order valence-electron chi connectivity index (χ3n) is 5.08. The predicted octanol–water partition coefficient (Wildman–Crippen LogP) is 2.63. The molecule has 2 fully saturated rings. The molecule has 2 aliphatic heterocycles. The number of halogens is 3. The van der Waals surface area contributed by atoms with Crippen LogP contribution in [0.4, 0.5) is 13.2 Å². The Balaban J connectivity index is 1.62. The largest absolute Gasteiger partial charge is 0.522 e. The van der Waals surface area contributed by atoms with E-state index in [-0.39, 0.29) is 35.7 Å². The number of carbonyl (C=O) groups is 1. The molecule has 2 atom stereocenters. The Hall–Kier alpha value is -2.04. The molecular formula is C19H24F3NO6. The zero-order valence-corrected chi connectivity index (χ0v) is 16.3. The minimum atomic E-state index is -4.71. The van der Waals surface area contributed by atoms with Crippen molar-refractivity contribution in [3.63, 3.8) is 0 Å². The van der Waals surface area contributed by atoms with Gasteiger partial charge >= 0.3 is 6.36 Å². The standard InChI is InChI=1S/C19H24F3NO6/c1-18-5-6-23(12-16(18)27-8-9-28-18)17(24)13-3-4-14(15(11-13)25-2)26-7-10-29-19(20,21)22/h3-4,11,16H,5-10,12H2,1-2H3/t16?,18-/m0/s1. The van der Waals surface area contributed by atoms with Gasteiger partial charge in [-0.05, 0) is 31.5 Å². The number of hydrogen-bond acceptors (Lipinski definition) is 6. The van der Waals surface area contributed by atoms with Crippen LogP contribution in [0.1, 0.15) is 23.7 Å². The molecule has 7 nitrogen and oxygen atoms in total. The molecule has 0 saturated carbocycles. The molecule has 2 aliphatic rings. The Morgan fingerprint density at radius 2 is 2.07 bits per heavy atom. The van der Waals surface area contributed by atoms with E-state index in [2.05, 4.69) is 4.74 Å². The van der Waals surface area contributed by atoms with Crippen molar-refractivity contribution in [3.8, 4) is 11.5 Å². The van der Waals surface area contributed by atoms with Crippen LogP contribution in [0.2, 0.25) is 0 Å². The number of nitrogens with zero attached hydrogens (tertiary/aromatic N) is 1. The van der Waals surface area contributed by atoms with Crippen molar-refractivity contribution in [2.24, 2.45) is 0 Å². The number of alkyl halides is 3. The minimum Gasteiger partial charge on any atom is -0.493 e. The molecule has 0 aliphatic carbocycles. The summed E-state index contributed by atoms with van der Waals surface area (Å²) in [6, 6.07) is 4.55. The third kappa shape index (κ3) is 5.31. The Kier molecular flexibility index (Phi) is 6.55. The third-order valence-corrected chi connectivity index (χ3v) is 5.08. The van der Waals surface area contributed by atoms with Crippen LogP contribution >= 0.6 is 0 Å². The smallest absolute Gasteiger partial charge is 0.493 e. The molecule has 0 N–H and O–H groups in total. The highest BCUT2D eigenvalue weighted by Crippen LogP contribution is 2.33. The van der Waals surface area contributed by atoms with E-state index in [0.29, 0.717) is 38.3 Å². The average Bonchev–Trinajstić information content (AvgIpc) is 2.69. The van der Waals surface area contributed by atoms with Crippen LogP contribution in [0.15, 0.2) is 18.2 Å². The zero-order chi connectivity index (χ0) is 21.1. The molecule has 2 heterocycles. The second-order valence-electron chi connectivity index (χ2n) is 7.03. The first-order chi connectivity index (χ1) is 13.7. The Labute approximate surface area is 166 Å². The number of hydrogen-bond donors (Lipinski definition) is 0. The normalized spacial score (nSPS) is 24.7. The molecule has 2 saturated heterocycles. The van der Waals surface area contributed by atoms with E-state index >= 15 is 0 Å². The molecule has 3 rings (SSSR count). The summed E-state index contributed by atoms with van der Waals surface area (Å²) in [5.41, 5.74) is 0.00387. The first kappa shape index (κ1) is 21.7. The van der Waals surface area contributed by atoms with E-state index in [1.807, 2.05) is 6.92 Å². The number of rotatable bonds is 6. The van der Waals surface area contributed by atoms with Gasteiger partial charge in [0.15, 0.2) is 11.5 Å². The lowest BCUT2D eigenvalue weighted by Gasteiger charge is -2.47. The molecule has 1 amide bonds. The maximum Gasteiger partial charge on any atom is 0.522 e. The minimum absolute atomic E-state index is 0.188. The van der Waals surface area contributed by atoms with Gasteiger partial charge in [0.25, 0.3) is 5.91 Å². The van der Waals surface area contributed by atoms with Crippen LogP contribution < -0.4 is 9.47 Å².